The monoisotopic (exact) mass is 486 g/mol. The molecule has 6 nitrogen and oxygen atoms in total. The molecule has 5 atom stereocenters. The first-order valence-corrected chi connectivity index (χ1v) is 12.6. The highest BCUT2D eigenvalue weighted by Crippen LogP contribution is 2.34. The summed E-state index contributed by atoms with van der Waals surface area (Å²) in [5.41, 5.74) is 1.71. The number of ether oxygens (including phenoxy) is 5. The highest BCUT2D eigenvalue weighted by Gasteiger charge is 2.49. The molecular weight excluding hydrogens is 452 g/mol. The first kappa shape index (κ1) is 26.4. The molecule has 0 radical (unpaired) electrons. The number of hydrogen-bond acceptors (Lipinski definition) is 7. The molecule has 0 bridgehead atoms. The molecule has 1 aliphatic heterocycles. The second kappa shape index (κ2) is 14.3. The summed E-state index contributed by atoms with van der Waals surface area (Å²) in [5, 5.41) is 0. The molecule has 0 saturated carbocycles. The number of benzene rings is 2. The van der Waals surface area contributed by atoms with Crippen molar-refractivity contribution in [2.45, 2.75) is 56.9 Å². The molecule has 1 fully saturated rings. The number of hydrogen-bond donors (Lipinski definition) is 0. The second-order valence-corrected chi connectivity index (χ2v) is 9.30. The molecule has 34 heavy (non-hydrogen) atoms. The maximum atomic E-state index is 11.9. The highest BCUT2D eigenvalue weighted by molar-refractivity contribution is 7.99. The van der Waals surface area contributed by atoms with E-state index < -0.39 is 29.9 Å². The first-order chi connectivity index (χ1) is 16.6. The van der Waals surface area contributed by atoms with E-state index in [1.54, 1.807) is 17.8 Å². The fraction of sp³-hybridized carbons (Fsp3) is 0.444. The van der Waals surface area contributed by atoms with Gasteiger partial charge in [-0.25, -0.2) is 0 Å². The van der Waals surface area contributed by atoms with Gasteiger partial charge in [0.2, 0.25) is 0 Å². The Labute approximate surface area is 206 Å². The standard InChI is InChI=1S/C27H34O6S/c1-4-16-30-25-24(31-18-22-14-10-7-11-15-22)23(19-29-17-21-12-8-6-9-13-21)33-27(34-5-2)26(25)32-20(3)28/h4,6-15,23-27H,1,5,16-19H2,2-3H3/t23-,24-,25+,26-,27+/m1/s1. The number of carbonyl (C=O) groups excluding carboxylic acids is 1. The summed E-state index contributed by atoms with van der Waals surface area (Å²) in [7, 11) is 0. The average molecular weight is 487 g/mol. The molecule has 7 heteroatoms. The van der Waals surface area contributed by atoms with Gasteiger partial charge >= 0.3 is 5.97 Å². The van der Waals surface area contributed by atoms with Crippen molar-refractivity contribution in [2.24, 2.45) is 0 Å². The Balaban J connectivity index is 1.81. The van der Waals surface area contributed by atoms with Gasteiger partial charge in [-0.3, -0.25) is 4.79 Å². The second-order valence-electron chi connectivity index (χ2n) is 7.92. The van der Waals surface area contributed by atoms with Crippen LogP contribution in [0.15, 0.2) is 73.3 Å². The third kappa shape index (κ3) is 7.96. The van der Waals surface area contributed by atoms with Gasteiger partial charge in [-0.15, -0.1) is 18.3 Å². The van der Waals surface area contributed by atoms with Gasteiger partial charge in [0.25, 0.3) is 0 Å². The fourth-order valence-corrected chi connectivity index (χ4v) is 4.78. The molecule has 1 heterocycles. The Kier molecular flexibility index (Phi) is 11.1. The van der Waals surface area contributed by atoms with Crippen molar-refractivity contribution in [2.75, 3.05) is 19.0 Å². The van der Waals surface area contributed by atoms with Crippen LogP contribution in [-0.2, 0) is 41.7 Å². The minimum Gasteiger partial charge on any atom is -0.456 e. The summed E-state index contributed by atoms with van der Waals surface area (Å²) in [5.74, 6) is 0.409. The molecule has 0 unspecified atom stereocenters. The van der Waals surface area contributed by atoms with Crippen LogP contribution in [0.4, 0.5) is 0 Å². The van der Waals surface area contributed by atoms with E-state index in [-0.39, 0.29) is 5.97 Å². The van der Waals surface area contributed by atoms with Gasteiger partial charge in [-0.2, -0.15) is 0 Å². The molecule has 1 aliphatic rings. The Bertz CT molecular complexity index is 862. The third-order valence-electron chi connectivity index (χ3n) is 5.31. The van der Waals surface area contributed by atoms with Crippen molar-refractivity contribution < 1.29 is 28.5 Å². The van der Waals surface area contributed by atoms with E-state index in [2.05, 4.69) is 6.58 Å². The van der Waals surface area contributed by atoms with Crippen molar-refractivity contribution in [3.05, 3.63) is 84.4 Å². The van der Waals surface area contributed by atoms with Crippen molar-refractivity contribution >= 4 is 17.7 Å². The van der Waals surface area contributed by atoms with Crippen molar-refractivity contribution in [3.8, 4) is 0 Å². The van der Waals surface area contributed by atoms with Gasteiger partial charge in [0.05, 0.1) is 26.4 Å². The lowest BCUT2D eigenvalue weighted by atomic mass is 9.99. The normalized spacial score (nSPS) is 24.5. The van der Waals surface area contributed by atoms with Crippen molar-refractivity contribution in [1.82, 2.24) is 0 Å². The van der Waals surface area contributed by atoms with Gasteiger partial charge in [0.15, 0.2) is 6.10 Å². The topological polar surface area (TPSA) is 63.2 Å². The maximum absolute atomic E-state index is 11.9. The predicted molar refractivity (Wildman–Crippen MR) is 133 cm³/mol. The van der Waals surface area contributed by atoms with E-state index in [0.29, 0.717) is 26.4 Å². The quantitative estimate of drug-likeness (QED) is 0.299. The van der Waals surface area contributed by atoms with Crippen LogP contribution in [-0.4, -0.2) is 54.8 Å². The van der Waals surface area contributed by atoms with Gasteiger partial charge in [0.1, 0.15) is 23.7 Å². The largest absolute Gasteiger partial charge is 0.456 e. The summed E-state index contributed by atoms with van der Waals surface area (Å²) >= 11 is 1.57. The molecule has 0 amide bonds. The van der Waals surface area contributed by atoms with E-state index in [1.807, 2.05) is 67.6 Å². The van der Waals surface area contributed by atoms with Crippen LogP contribution < -0.4 is 0 Å². The fourth-order valence-electron chi connectivity index (χ4n) is 3.83. The number of esters is 1. The molecule has 1 saturated heterocycles. The molecule has 2 aromatic rings. The van der Waals surface area contributed by atoms with E-state index >= 15 is 0 Å². The Morgan fingerprint density at radius 3 is 2.21 bits per heavy atom. The number of thioether (sulfide) groups is 1. The van der Waals surface area contributed by atoms with Crippen LogP contribution in [0, 0.1) is 0 Å². The smallest absolute Gasteiger partial charge is 0.303 e. The van der Waals surface area contributed by atoms with Crippen molar-refractivity contribution in [3.63, 3.8) is 0 Å². The molecule has 0 aromatic heterocycles. The molecule has 0 spiro atoms. The van der Waals surface area contributed by atoms with E-state index in [1.165, 1.54) is 6.92 Å². The molecular formula is C27H34O6S. The summed E-state index contributed by atoms with van der Waals surface area (Å²) in [6, 6.07) is 19.9. The van der Waals surface area contributed by atoms with E-state index in [0.717, 1.165) is 16.9 Å². The molecule has 0 N–H and O–H groups in total. The zero-order valence-electron chi connectivity index (χ0n) is 19.8. The van der Waals surface area contributed by atoms with Crippen LogP contribution >= 0.6 is 11.8 Å². The predicted octanol–water partition coefficient (Wildman–Crippen LogP) is 4.77. The lowest BCUT2D eigenvalue weighted by molar-refractivity contribution is -0.244. The lowest BCUT2D eigenvalue weighted by Gasteiger charge is -2.45. The average Bonchev–Trinajstić information content (AvgIpc) is 2.85. The van der Waals surface area contributed by atoms with Crippen LogP contribution in [0.2, 0.25) is 0 Å². The maximum Gasteiger partial charge on any atom is 0.303 e. The zero-order valence-corrected chi connectivity index (χ0v) is 20.7. The molecule has 184 valence electrons. The molecule has 3 rings (SSSR count). The van der Waals surface area contributed by atoms with Crippen LogP contribution in [0.25, 0.3) is 0 Å². The van der Waals surface area contributed by atoms with E-state index in [4.69, 9.17) is 23.7 Å². The van der Waals surface area contributed by atoms with Gasteiger partial charge in [0, 0.05) is 6.92 Å². The molecule has 0 aliphatic carbocycles. The van der Waals surface area contributed by atoms with Crippen LogP contribution in [0.5, 0.6) is 0 Å². The summed E-state index contributed by atoms with van der Waals surface area (Å²) in [4.78, 5) is 11.9. The summed E-state index contributed by atoms with van der Waals surface area (Å²) in [6.45, 7) is 8.66. The SMILES string of the molecule is C=CCO[C@@H]1[C@@H](OC(C)=O)[C@H](SCC)O[C@H](COCc2ccccc2)[C@H]1OCc1ccccc1. The van der Waals surface area contributed by atoms with Crippen LogP contribution in [0.1, 0.15) is 25.0 Å². The van der Waals surface area contributed by atoms with Gasteiger partial charge in [-0.1, -0.05) is 73.7 Å². The zero-order chi connectivity index (χ0) is 24.2. The van der Waals surface area contributed by atoms with Crippen molar-refractivity contribution in [1.29, 1.82) is 0 Å². The highest BCUT2D eigenvalue weighted by atomic mass is 32.2. The Hall–Kier alpha value is -2.16. The Morgan fingerprint density at radius 1 is 0.971 bits per heavy atom. The third-order valence-corrected chi connectivity index (χ3v) is 6.35. The lowest BCUT2D eigenvalue weighted by Crippen LogP contribution is -2.60. The number of carbonyl (C=O) groups is 1. The first-order valence-electron chi connectivity index (χ1n) is 11.6. The van der Waals surface area contributed by atoms with Crippen LogP contribution in [0.3, 0.4) is 0 Å². The minimum absolute atomic E-state index is 0.300. The summed E-state index contributed by atoms with van der Waals surface area (Å²) < 4.78 is 30.7. The summed E-state index contributed by atoms with van der Waals surface area (Å²) in [6.07, 6.45) is -0.383. The molecule has 2 aromatic carbocycles. The Morgan fingerprint density at radius 2 is 1.62 bits per heavy atom. The van der Waals surface area contributed by atoms with Gasteiger partial charge < -0.3 is 23.7 Å². The van der Waals surface area contributed by atoms with E-state index in [9.17, 15) is 4.79 Å². The van der Waals surface area contributed by atoms with Gasteiger partial charge in [-0.05, 0) is 16.9 Å². The minimum atomic E-state index is -0.617. The number of rotatable bonds is 13.